The Morgan fingerprint density at radius 3 is 2.22 bits per heavy atom. The number of methoxy groups -OCH3 is 1. The Hall–Kier alpha value is -3.84. The van der Waals surface area contributed by atoms with E-state index < -0.39 is 0 Å². The van der Waals surface area contributed by atoms with Crippen LogP contribution in [0.25, 0.3) is 28.2 Å². The SMILES string of the molecule is COc1cccc(-c2cc(C(C)C)c(-n3c(C)c(C)[n+]4c3-c3ccc(C#N)cc3C4)c(C(C)C)c2)c1. The highest BCUT2D eigenvalue weighted by molar-refractivity contribution is 5.73. The van der Waals surface area contributed by atoms with Gasteiger partial charge in [-0.05, 0) is 65.4 Å². The molecule has 4 heteroatoms. The van der Waals surface area contributed by atoms with Gasteiger partial charge in [-0.2, -0.15) is 9.83 Å². The lowest BCUT2D eigenvalue weighted by Crippen LogP contribution is -2.34. The molecule has 36 heavy (non-hydrogen) atoms. The Balaban J connectivity index is 1.82. The second-order valence-corrected chi connectivity index (χ2v) is 10.4. The van der Waals surface area contributed by atoms with Crippen LogP contribution in [0.2, 0.25) is 0 Å². The summed E-state index contributed by atoms with van der Waals surface area (Å²) in [5, 5.41) is 9.45. The number of nitriles is 1. The molecular formula is C32H34N3O+. The molecule has 1 aliphatic heterocycles. The van der Waals surface area contributed by atoms with Crippen LogP contribution >= 0.6 is 0 Å². The number of ether oxygens (including phenoxy) is 1. The molecule has 0 saturated heterocycles. The molecular weight excluding hydrogens is 442 g/mol. The van der Waals surface area contributed by atoms with Crippen LogP contribution in [-0.4, -0.2) is 11.7 Å². The predicted molar refractivity (Wildman–Crippen MR) is 145 cm³/mol. The molecule has 1 aromatic heterocycles. The summed E-state index contributed by atoms with van der Waals surface area (Å²) >= 11 is 0. The average Bonchev–Trinajstić information content (AvgIpc) is 3.36. The Bertz CT molecular complexity index is 1500. The fraction of sp³-hybridized carbons (Fsp3) is 0.312. The Morgan fingerprint density at radius 2 is 1.61 bits per heavy atom. The third-order valence-corrected chi connectivity index (χ3v) is 7.57. The highest BCUT2D eigenvalue weighted by Gasteiger charge is 2.37. The quantitative estimate of drug-likeness (QED) is 0.252. The fourth-order valence-electron chi connectivity index (χ4n) is 5.50. The van der Waals surface area contributed by atoms with Crippen molar-refractivity contribution in [2.24, 2.45) is 0 Å². The van der Waals surface area contributed by atoms with Gasteiger partial charge in [-0.25, -0.2) is 4.57 Å². The van der Waals surface area contributed by atoms with E-state index in [-0.39, 0.29) is 0 Å². The Kier molecular flexibility index (Phi) is 5.96. The second-order valence-electron chi connectivity index (χ2n) is 10.4. The summed E-state index contributed by atoms with van der Waals surface area (Å²) < 4.78 is 10.4. The smallest absolute Gasteiger partial charge is 0.295 e. The molecule has 0 N–H and O–H groups in total. The molecule has 182 valence electrons. The molecule has 0 bridgehead atoms. The minimum absolute atomic E-state index is 0.340. The second kappa shape index (κ2) is 8.99. The lowest BCUT2D eigenvalue weighted by Gasteiger charge is -2.21. The molecule has 4 nitrogen and oxygen atoms in total. The maximum absolute atomic E-state index is 9.45. The first-order valence-corrected chi connectivity index (χ1v) is 12.7. The number of rotatable bonds is 5. The molecule has 0 spiro atoms. The summed E-state index contributed by atoms with van der Waals surface area (Å²) in [4.78, 5) is 0. The van der Waals surface area contributed by atoms with Gasteiger partial charge in [0.15, 0.2) is 0 Å². The highest BCUT2D eigenvalue weighted by atomic mass is 16.5. The van der Waals surface area contributed by atoms with Crippen molar-refractivity contribution in [3.63, 3.8) is 0 Å². The summed E-state index contributed by atoms with van der Waals surface area (Å²) in [6.07, 6.45) is 0. The molecule has 0 aliphatic carbocycles. The van der Waals surface area contributed by atoms with Crippen molar-refractivity contribution in [3.8, 4) is 40.0 Å². The van der Waals surface area contributed by atoms with E-state index in [0.29, 0.717) is 17.4 Å². The van der Waals surface area contributed by atoms with Gasteiger partial charge in [-0.1, -0.05) is 39.8 Å². The third kappa shape index (κ3) is 3.71. The number of hydrogen-bond donors (Lipinski definition) is 0. The maximum Gasteiger partial charge on any atom is 0.295 e. The monoisotopic (exact) mass is 476 g/mol. The van der Waals surface area contributed by atoms with Gasteiger partial charge in [0.1, 0.15) is 29.4 Å². The van der Waals surface area contributed by atoms with Gasteiger partial charge in [0, 0.05) is 30.5 Å². The zero-order valence-corrected chi connectivity index (χ0v) is 22.3. The van der Waals surface area contributed by atoms with Crippen molar-refractivity contribution in [1.82, 2.24) is 4.57 Å². The third-order valence-electron chi connectivity index (χ3n) is 7.57. The molecule has 2 heterocycles. The lowest BCUT2D eigenvalue weighted by molar-refractivity contribution is -0.677. The van der Waals surface area contributed by atoms with Crippen molar-refractivity contribution in [3.05, 3.63) is 88.2 Å². The molecule has 5 rings (SSSR count). The summed E-state index contributed by atoms with van der Waals surface area (Å²) in [5.74, 6) is 2.76. The minimum Gasteiger partial charge on any atom is -0.497 e. The molecule has 0 saturated carbocycles. The highest BCUT2D eigenvalue weighted by Crippen LogP contribution is 2.41. The molecule has 1 aliphatic rings. The van der Waals surface area contributed by atoms with Gasteiger partial charge >= 0.3 is 0 Å². The lowest BCUT2D eigenvalue weighted by atomic mass is 9.88. The van der Waals surface area contributed by atoms with Crippen LogP contribution in [0.15, 0.2) is 54.6 Å². The largest absolute Gasteiger partial charge is 0.497 e. The van der Waals surface area contributed by atoms with Crippen LogP contribution in [0.1, 0.15) is 73.2 Å². The first kappa shape index (κ1) is 23.9. The summed E-state index contributed by atoms with van der Waals surface area (Å²) in [6.45, 7) is 14.4. The van der Waals surface area contributed by atoms with Crippen LogP contribution in [0.3, 0.4) is 0 Å². The van der Waals surface area contributed by atoms with Crippen LogP contribution in [0.5, 0.6) is 5.75 Å². The van der Waals surface area contributed by atoms with Crippen molar-refractivity contribution in [1.29, 1.82) is 5.26 Å². The van der Waals surface area contributed by atoms with Crippen molar-refractivity contribution < 1.29 is 9.30 Å². The van der Waals surface area contributed by atoms with Gasteiger partial charge < -0.3 is 4.74 Å². The first-order chi connectivity index (χ1) is 17.2. The molecule has 0 unspecified atom stereocenters. The van der Waals surface area contributed by atoms with Crippen LogP contribution in [0, 0.1) is 25.2 Å². The van der Waals surface area contributed by atoms with E-state index in [9.17, 15) is 5.26 Å². The average molecular weight is 477 g/mol. The molecule has 0 fully saturated rings. The van der Waals surface area contributed by atoms with Crippen LogP contribution in [-0.2, 0) is 6.54 Å². The molecule has 3 aromatic carbocycles. The van der Waals surface area contributed by atoms with Crippen molar-refractivity contribution in [2.75, 3.05) is 7.11 Å². The number of imidazole rings is 1. The van der Waals surface area contributed by atoms with E-state index >= 15 is 0 Å². The standard InChI is InChI=1S/C32H34N3O/c1-19(2)29-15-25(24-9-8-10-27(14-24)36-7)16-30(20(3)4)31(29)35-22(6)21(5)34-18-26-13-23(17-33)11-12-28(26)32(34)35/h8-16,19-20H,18H2,1-7H3/q+1. The van der Waals surface area contributed by atoms with Gasteiger partial charge in [0.05, 0.1) is 24.3 Å². The first-order valence-electron chi connectivity index (χ1n) is 12.7. The van der Waals surface area contributed by atoms with Crippen LogP contribution < -0.4 is 9.30 Å². The number of aromatic nitrogens is 2. The topological polar surface area (TPSA) is 41.8 Å². The van der Waals surface area contributed by atoms with E-state index in [4.69, 9.17) is 4.74 Å². The number of hydrogen-bond acceptors (Lipinski definition) is 2. The zero-order valence-electron chi connectivity index (χ0n) is 22.3. The van der Waals surface area contributed by atoms with Gasteiger partial charge in [-0.15, -0.1) is 0 Å². The fourth-order valence-corrected chi connectivity index (χ4v) is 5.50. The van der Waals surface area contributed by atoms with Gasteiger partial charge in [0.25, 0.3) is 5.82 Å². The predicted octanol–water partition coefficient (Wildman–Crippen LogP) is 7.20. The van der Waals surface area contributed by atoms with Gasteiger partial charge in [-0.3, -0.25) is 0 Å². The van der Waals surface area contributed by atoms with Gasteiger partial charge in [0.2, 0.25) is 0 Å². The van der Waals surface area contributed by atoms with E-state index in [2.05, 4.69) is 93.1 Å². The number of nitrogens with zero attached hydrogens (tertiary/aromatic N) is 3. The molecule has 0 radical (unpaired) electrons. The van der Waals surface area contributed by atoms with E-state index in [1.165, 1.54) is 56.3 Å². The Labute approximate surface area is 214 Å². The summed E-state index contributed by atoms with van der Waals surface area (Å²) in [5.41, 5.74) is 12.0. The van der Waals surface area contributed by atoms with Crippen molar-refractivity contribution in [2.45, 2.75) is 59.9 Å². The number of benzene rings is 3. The summed E-state index contributed by atoms with van der Waals surface area (Å²) in [7, 11) is 1.72. The number of fused-ring (bicyclic) bond motifs is 3. The molecule has 0 amide bonds. The zero-order chi connectivity index (χ0) is 25.7. The van der Waals surface area contributed by atoms with Crippen LogP contribution in [0.4, 0.5) is 0 Å². The minimum atomic E-state index is 0.340. The summed E-state index contributed by atoms with van der Waals surface area (Å²) in [6, 6.07) is 21.5. The van der Waals surface area contributed by atoms with E-state index in [0.717, 1.165) is 12.3 Å². The molecule has 0 atom stereocenters. The van der Waals surface area contributed by atoms with E-state index in [1.54, 1.807) is 7.11 Å². The maximum atomic E-state index is 9.45. The molecule has 4 aromatic rings. The Morgan fingerprint density at radius 1 is 0.917 bits per heavy atom. The normalized spacial score (nSPS) is 12.1. The van der Waals surface area contributed by atoms with E-state index in [1.807, 2.05) is 18.2 Å². The van der Waals surface area contributed by atoms with Crippen molar-refractivity contribution >= 4 is 0 Å².